The Morgan fingerprint density at radius 2 is 2.18 bits per heavy atom. The van der Waals surface area contributed by atoms with Gasteiger partial charge in [-0.3, -0.25) is 0 Å². The van der Waals surface area contributed by atoms with Gasteiger partial charge in [-0.15, -0.1) is 0 Å². The highest BCUT2D eigenvalue weighted by Crippen LogP contribution is 2.41. The summed E-state index contributed by atoms with van der Waals surface area (Å²) < 4.78 is 0. The summed E-state index contributed by atoms with van der Waals surface area (Å²) in [6.07, 6.45) is 4.53. The quantitative estimate of drug-likeness (QED) is 0.607. The second-order valence-corrected chi connectivity index (χ2v) is 4.20. The lowest BCUT2D eigenvalue weighted by atomic mass is 9.71. The van der Waals surface area contributed by atoms with E-state index < -0.39 is 0 Å². The number of aliphatic hydroxyl groups is 1. The van der Waals surface area contributed by atoms with E-state index in [1.54, 1.807) is 0 Å². The number of rotatable bonds is 1. The molecule has 1 heterocycles. The maximum absolute atomic E-state index is 10.0. The second-order valence-electron chi connectivity index (χ2n) is 4.20. The number of hydrogen-bond acceptors (Lipinski definition) is 2. The molecule has 0 spiro atoms. The van der Waals surface area contributed by atoms with Crippen LogP contribution in [-0.2, 0) is 0 Å². The van der Waals surface area contributed by atoms with E-state index in [1.807, 2.05) is 0 Å². The molecule has 1 aliphatic carbocycles. The molecule has 0 bridgehead atoms. The number of likely N-dealkylation sites (tertiary alicyclic amines) is 1. The molecule has 1 atom stereocenters. The second kappa shape index (κ2) is 2.46. The van der Waals surface area contributed by atoms with Gasteiger partial charge in [0, 0.05) is 12.5 Å². The van der Waals surface area contributed by atoms with Crippen LogP contribution in [0.4, 0.5) is 0 Å². The van der Waals surface area contributed by atoms with Gasteiger partial charge in [-0.2, -0.15) is 0 Å². The van der Waals surface area contributed by atoms with Crippen molar-refractivity contribution in [3.05, 3.63) is 0 Å². The van der Waals surface area contributed by atoms with Crippen LogP contribution >= 0.6 is 0 Å². The lowest BCUT2D eigenvalue weighted by Gasteiger charge is -2.41. The van der Waals surface area contributed by atoms with E-state index in [1.165, 1.54) is 19.4 Å². The fourth-order valence-electron chi connectivity index (χ4n) is 2.32. The molecule has 2 heteroatoms. The van der Waals surface area contributed by atoms with Crippen molar-refractivity contribution in [1.29, 1.82) is 0 Å². The van der Waals surface area contributed by atoms with Crippen LogP contribution in [0.5, 0.6) is 0 Å². The Morgan fingerprint density at radius 3 is 2.55 bits per heavy atom. The summed E-state index contributed by atoms with van der Waals surface area (Å²) in [4.78, 5) is 2.32. The predicted molar refractivity (Wildman–Crippen MR) is 44.4 cm³/mol. The van der Waals surface area contributed by atoms with Crippen LogP contribution in [-0.4, -0.2) is 35.7 Å². The summed E-state index contributed by atoms with van der Waals surface area (Å²) in [5, 5.41) is 10.0. The molecule has 2 fully saturated rings. The third kappa shape index (κ3) is 1.18. The van der Waals surface area contributed by atoms with Gasteiger partial charge >= 0.3 is 0 Å². The van der Waals surface area contributed by atoms with E-state index in [-0.39, 0.29) is 5.60 Å². The zero-order valence-corrected chi connectivity index (χ0v) is 7.21. The SMILES string of the molecule is CN1CCC(C2(O)CCC2)C1. The third-order valence-electron chi connectivity index (χ3n) is 3.37. The molecule has 64 valence electrons. The van der Waals surface area contributed by atoms with Gasteiger partial charge in [0.15, 0.2) is 0 Å². The largest absolute Gasteiger partial charge is 0.390 e. The summed E-state index contributed by atoms with van der Waals surface area (Å²) in [5.41, 5.74) is -0.259. The first-order valence-electron chi connectivity index (χ1n) is 4.62. The normalized spacial score (nSPS) is 37.1. The van der Waals surface area contributed by atoms with Crippen molar-refractivity contribution >= 4 is 0 Å². The van der Waals surface area contributed by atoms with Crippen molar-refractivity contribution in [2.45, 2.75) is 31.3 Å². The molecule has 0 amide bonds. The fourth-order valence-corrected chi connectivity index (χ4v) is 2.32. The molecular formula is C9H17NO. The number of hydrogen-bond donors (Lipinski definition) is 1. The van der Waals surface area contributed by atoms with Gasteiger partial charge in [0.25, 0.3) is 0 Å². The lowest BCUT2D eigenvalue weighted by molar-refractivity contribution is -0.0792. The van der Waals surface area contributed by atoms with Crippen LogP contribution in [0.25, 0.3) is 0 Å². The highest BCUT2D eigenvalue weighted by Gasteiger charge is 2.44. The summed E-state index contributed by atoms with van der Waals surface area (Å²) in [5.74, 6) is 0.571. The first kappa shape index (κ1) is 7.56. The number of nitrogens with zero attached hydrogens (tertiary/aromatic N) is 1. The van der Waals surface area contributed by atoms with E-state index in [0.717, 1.165) is 19.4 Å². The first-order chi connectivity index (χ1) is 5.21. The molecule has 1 saturated carbocycles. The molecule has 1 N–H and O–H groups in total. The first-order valence-corrected chi connectivity index (χ1v) is 4.62. The Kier molecular flexibility index (Phi) is 1.69. The Labute approximate surface area is 68.2 Å². The van der Waals surface area contributed by atoms with Crippen LogP contribution in [0.1, 0.15) is 25.7 Å². The van der Waals surface area contributed by atoms with Crippen LogP contribution in [0, 0.1) is 5.92 Å². The van der Waals surface area contributed by atoms with Gasteiger partial charge in [0.1, 0.15) is 0 Å². The molecule has 1 saturated heterocycles. The molecule has 11 heavy (non-hydrogen) atoms. The van der Waals surface area contributed by atoms with E-state index >= 15 is 0 Å². The minimum atomic E-state index is -0.259. The van der Waals surface area contributed by atoms with Gasteiger partial charge in [-0.25, -0.2) is 0 Å². The smallest absolute Gasteiger partial charge is 0.0688 e. The molecule has 2 aliphatic rings. The van der Waals surface area contributed by atoms with Gasteiger partial charge in [-0.05, 0) is 39.3 Å². The predicted octanol–water partition coefficient (Wildman–Crippen LogP) is 0.853. The van der Waals surface area contributed by atoms with Crippen molar-refractivity contribution in [2.75, 3.05) is 20.1 Å². The van der Waals surface area contributed by atoms with Crippen molar-refractivity contribution in [3.63, 3.8) is 0 Å². The Bertz CT molecular complexity index is 154. The van der Waals surface area contributed by atoms with E-state index in [4.69, 9.17) is 0 Å². The standard InChI is InChI=1S/C9H17NO/c1-10-6-3-8(7-10)9(11)4-2-5-9/h8,11H,2-7H2,1H3. The molecule has 1 unspecified atom stereocenters. The van der Waals surface area contributed by atoms with Crippen molar-refractivity contribution < 1.29 is 5.11 Å². The van der Waals surface area contributed by atoms with E-state index in [0.29, 0.717) is 5.92 Å². The van der Waals surface area contributed by atoms with Crippen LogP contribution in [0.3, 0.4) is 0 Å². The molecule has 0 aromatic rings. The maximum Gasteiger partial charge on any atom is 0.0688 e. The average molecular weight is 155 g/mol. The Morgan fingerprint density at radius 1 is 1.45 bits per heavy atom. The Hall–Kier alpha value is -0.0800. The fraction of sp³-hybridized carbons (Fsp3) is 1.00. The average Bonchev–Trinajstić information content (AvgIpc) is 2.31. The highest BCUT2D eigenvalue weighted by atomic mass is 16.3. The van der Waals surface area contributed by atoms with Gasteiger partial charge < -0.3 is 10.0 Å². The molecule has 0 aromatic heterocycles. The zero-order chi connectivity index (χ0) is 7.90. The van der Waals surface area contributed by atoms with Crippen LogP contribution in [0.2, 0.25) is 0 Å². The summed E-state index contributed by atoms with van der Waals surface area (Å²) in [6.45, 7) is 2.28. The van der Waals surface area contributed by atoms with Crippen LogP contribution in [0.15, 0.2) is 0 Å². The van der Waals surface area contributed by atoms with E-state index in [9.17, 15) is 5.11 Å². The third-order valence-corrected chi connectivity index (χ3v) is 3.37. The van der Waals surface area contributed by atoms with Gasteiger partial charge in [0.2, 0.25) is 0 Å². The molecule has 0 aromatic carbocycles. The minimum Gasteiger partial charge on any atom is -0.390 e. The molecular weight excluding hydrogens is 138 g/mol. The monoisotopic (exact) mass is 155 g/mol. The highest BCUT2D eigenvalue weighted by molar-refractivity contribution is 4.97. The maximum atomic E-state index is 10.0. The topological polar surface area (TPSA) is 23.5 Å². The van der Waals surface area contributed by atoms with Crippen molar-refractivity contribution in [2.24, 2.45) is 5.92 Å². The molecule has 1 aliphatic heterocycles. The van der Waals surface area contributed by atoms with Gasteiger partial charge in [0.05, 0.1) is 5.60 Å². The van der Waals surface area contributed by atoms with Crippen molar-refractivity contribution in [3.8, 4) is 0 Å². The minimum absolute atomic E-state index is 0.259. The zero-order valence-electron chi connectivity index (χ0n) is 7.21. The molecule has 2 nitrogen and oxygen atoms in total. The summed E-state index contributed by atoms with van der Waals surface area (Å²) >= 11 is 0. The summed E-state index contributed by atoms with van der Waals surface area (Å²) in [7, 11) is 2.14. The molecule has 2 rings (SSSR count). The lowest BCUT2D eigenvalue weighted by Crippen LogP contribution is -2.45. The van der Waals surface area contributed by atoms with E-state index in [2.05, 4.69) is 11.9 Å². The van der Waals surface area contributed by atoms with Crippen molar-refractivity contribution in [1.82, 2.24) is 4.90 Å². The molecule has 0 radical (unpaired) electrons. The Balaban J connectivity index is 1.95. The van der Waals surface area contributed by atoms with Crippen LogP contribution < -0.4 is 0 Å². The summed E-state index contributed by atoms with van der Waals surface area (Å²) in [6, 6.07) is 0. The van der Waals surface area contributed by atoms with Gasteiger partial charge in [-0.1, -0.05) is 0 Å².